The van der Waals surface area contributed by atoms with Gasteiger partial charge < -0.3 is 24.4 Å². The third-order valence-corrected chi connectivity index (χ3v) is 9.18. The van der Waals surface area contributed by atoms with Gasteiger partial charge in [-0.3, -0.25) is 4.98 Å². The van der Waals surface area contributed by atoms with Crippen LogP contribution in [0.4, 0.5) is 10.2 Å². The Morgan fingerprint density at radius 1 is 0.951 bits per heavy atom. The number of aromatic nitrogens is 3. The Bertz CT molecular complexity index is 1720. The lowest BCUT2D eigenvalue weighted by Gasteiger charge is -2.41. The number of halogens is 1. The van der Waals surface area contributed by atoms with Crippen LogP contribution in [0.5, 0.6) is 11.8 Å². The predicted octanol–water partition coefficient (Wildman–Crippen LogP) is 5.93. The Hall–Kier alpha value is -3.98. The average Bonchev–Trinajstić information content (AvgIpc) is 3.72. The first-order chi connectivity index (χ1) is 20.1. The average molecular weight is 554 g/mol. The molecule has 1 saturated carbocycles. The van der Waals surface area contributed by atoms with Gasteiger partial charge in [0, 0.05) is 44.4 Å². The Kier molecular flexibility index (Phi) is 5.77. The summed E-state index contributed by atoms with van der Waals surface area (Å²) in [7, 11) is 0. The summed E-state index contributed by atoms with van der Waals surface area (Å²) in [4.78, 5) is 18.7. The number of ether oxygens (including phenoxy) is 2. The first-order valence-electron chi connectivity index (χ1n) is 14.7. The molecular weight excluding hydrogens is 521 g/mol. The maximum Gasteiger partial charge on any atom is 0.324 e. The monoisotopic (exact) mass is 553 g/mol. The third-order valence-electron chi connectivity index (χ3n) is 9.18. The zero-order valence-electron chi connectivity index (χ0n) is 22.9. The minimum atomic E-state index is -0.554. The van der Waals surface area contributed by atoms with E-state index in [0.717, 1.165) is 74.6 Å². The Morgan fingerprint density at radius 3 is 2.73 bits per heavy atom. The van der Waals surface area contributed by atoms with Crippen LogP contribution in [0.15, 0.2) is 54.1 Å². The maximum absolute atomic E-state index is 16.6. The van der Waals surface area contributed by atoms with Crippen molar-refractivity contribution in [2.45, 2.75) is 50.5 Å². The molecule has 1 spiro atoms. The molecule has 41 heavy (non-hydrogen) atoms. The van der Waals surface area contributed by atoms with Crippen LogP contribution in [-0.2, 0) is 4.74 Å². The normalized spacial score (nSPS) is 20.1. The number of rotatable bonds is 4. The summed E-state index contributed by atoms with van der Waals surface area (Å²) >= 11 is 0. The highest BCUT2D eigenvalue weighted by molar-refractivity contribution is 5.99. The van der Waals surface area contributed by atoms with Crippen LogP contribution in [0.2, 0.25) is 0 Å². The third kappa shape index (κ3) is 4.17. The highest BCUT2D eigenvalue weighted by Gasteiger charge is 2.40. The van der Waals surface area contributed by atoms with Gasteiger partial charge >= 0.3 is 6.01 Å². The Morgan fingerprint density at radius 2 is 1.83 bits per heavy atom. The summed E-state index contributed by atoms with van der Waals surface area (Å²) in [5, 5.41) is 12.6. The number of anilines is 1. The van der Waals surface area contributed by atoms with E-state index in [4.69, 9.17) is 14.5 Å². The fraction of sp³-hybridized carbons (Fsp3) is 0.406. The van der Waals surface area contributed by atoms with E-state index in [-0.39, 0.29) is 28.6 Å². The van der Waals surface area contributed by atoms with Gasteiger partial charge in [0.25, 0.3) is 0 Å². The number of fused-ring (bicyclic) bond motifs is 3. The zero-order chi connectivity index (χ0) is 27.6. The highest BCUT2D eigenvalue weighted by atomic mass is 19.1. The molecule has 0 atom stereocenters. The van der Waals surface area contributed by atoms with E-state index in [2.05, 4.69) is 19.8 Å². The van der Waals surface area contributed by atoms with Gasteiger partial charge in [0.1, 0.15) is 28.5 Å². The van der Waals surface area contributed by atoms with Gasteiger partial charge in [0.2, 0.25) is 0 Å². The first-order valence-corrected chi connectivity index (χ1v) is 14.7. The summed E-state index contributed by atoms with van der Waals surface area (Å²) in [5.74, 6) is 1.02. The van der Waals surface area contributed by atoms with Gasteiger partial charge in [-0.05, 0) is 48.6 Å². The minimum absolute atomic E-state index is 0.0540. The second-order valence-electron chi connectivity index (χ2n) is 11.7. The van der Waals surface area contributed by atoms with Crippen molar-refractivity contribution in [3.05, 3.63) is 59.9 Å². The lowest BCUT2D eigenvalue weighted by Crippen LogP contribution is -2.50. The zero-order valence-corrected chi connectivity index (χ0v) is 22.9. The van der Waals surface area contributed by atoms with Crippen LogP contribution < -0.4 is 9.64 Å². The number of allylic oxidation sites excluding steroid dienone is 1. The quantitative estimate of drug-likeness (QED) is 0.333. The molecule has 1 N–H and O–H groups in total. The molecule has 0 unspecified atom stereocenters. The molecule has 9 heteroatoms. The van der Waals surface area contributed by atoms with E-state index < -0.39 is 5.82 Å². The molecule has 4 aliphatic rings. The molecule has 0 bridgehead atoms. The topological polar surface area (TPSA) is 83.8 Å². The number of pyridine rings is 1. The number of hydrogen-bond donors (Lipinski definition) is 1. The summed E-state index contributed by atoms with van der Waals surface area (Å²) < 4.78 is 29.3. The van der Waals surface area contributed by atoms with E-state index in [1.165, 1.54) is 5.70 Å². The molecule has 0 amide bonds. The molecule has 2 aromatic carbocycles. The van der Waals surface area contributed by atoms with Crippen LogP contribution in [0.3, 0.4) is 0 Å². The predicted molar refractivity (Wildman–Crippen MR) is 154 cm³/mol. The van der Waals surface area contributed by atoms with Crippen LogP contribution >= 0.6 is 0 Å². The summed E-state index contributed by atoms with van der Waals surface area (Å²) in [6.45, 7) is 3.92. The van der Waals surface area contributed by atoms with E-state index in [0.29, 0.717) is 36.5 Å². The standard InChI is InChI=1S/C32H32FN5O3/c33-27-28(23-17-21(39)16-20-6-1-2-7-22(20)23)34-18-24-29(27)35-31(41-26-9-13-37-12-5-8-25(26)37)36-30(24)38-14-15-40-32(19-38)10-3-4-11-32/h1-2,6-7,16-18,39H,3-5,8-15,19H2. The number of hydrogen-bond acceptors (Lipinski definition) is 8. The lowest BCUT2D eigenvalue weighted by atomic mass is 9.99. The van der Waals surface area contributed by atoms with Gasteiger partial charge in [0.15, 0.2) is 5.82 Å². The van der Waals surface area contributed by atoms with Crippen molar-refractivity contribution in [2.24, 2.45) is 0 Å². The molecule has 2 aromatic heterocycles. The molecule has 5 heterocycles. The summed E-state index contributed by atoms with van der Waals surface area (Å²) in [5.41, 5.74) is 1.85. The molecular formula is C32H32FN5O3. The van der Waals surface area contributed by atoms with Gasteiger partial charge in [-0.1, -0.05) is 37.1 Å². The lowest BCUT2D eigenvalue weighted by molar-refractivity contribution is -0.0502. The fourth-order valence-electron chi connectivity index (χ4n) is 7.23. The molecule has 210 valence electrons. The smallest absolute Gasteiger partial charge is 0.324 e. The van der Waals surface area contributed by atoms with Crippen LogP contribution in [0.1, 0.15) is 44.9 Å². The van der Waals surface area contributed by atoms with Crippen LogP contribution in [0.25, 0.3) is 32.9 Å². The van der Waals surface area contributed by atoms with Crippen molar-refractivity contribution in [1.29, 1.82) is 0 Å². The number of benzene rings is 2. The molecule has 1 aliphatic carbocycles. The molecule has 3 fully saturated rings. The van der Waals surface area contributed by atoms with E-state index >= 15 is 4.39 Å². The van der Waals surface area contributed by atoms with Crippen molar-refractivity contribution in [2.75, 3.05) is 37.7 Å². The molecule has 8 nitrogen and oxygen atoms in total. The largest absolute Gasteiger partial charge is 0.508 e. The number of aromatic hydroxyl groups is 1. The molecule has 2 saturated heterocycles. The molecule has 0 radical (unpaired) electrons. The number of morpholine rings is 1. The SMILES string of the molecule is Oc1cc(-c2ncc3c(N4CCOC5(CCCC5)C4)nc(OC4=C5CCCN5CC4)nc3c2F)c2ccccc2c1. The van der Waals surface area contributed by atoms with Crippen molar-refractivity contribution in [1.82, 2.24) is 19.9 Å². The second kappa shape index (κ2) is 9.55. The summed E-state index contributed by atoms with van der Waals surface area (Å²) in [6, 6.07) is 11.0. The van der Waals surface area contributed by atoms with Crippen molar-refractivity contribution < 1.29 is 19.0 Å². The molecule has 4 aromatic rings. The highest BCUT2D eigenvalue weighted by Crippen LogP contribution is 2.41. The van der Waals surface area contributed by atoms with Crippen LogP contribution in [-0.4, -0.2) is 63.3 Å². The van der Waals surface area contributed by atoms with Gasteiger partial charge in [-0.2, -0.15) is 9.97 Å². The van der Waals surface area contributed by atoms with Crippen LogP contribution in [0, 0.1) is 5.82 Å². The van der Waals surface area contributed by atoms with E-state index in [9.17, 15) is 5.11 Å². The van der Waals surface area contributed by atoms with Gasteiger partial charge in [-0.15, -0.1) is 0 Å². The van der Waals surface area contributed by atoms with E-state index in [1.54, 1.807) is 18.3 Å². The Labute approximate surface area is 237 Å². The number of nitrogens with zero attached hydrogens (tertiary/aromatic N) is 5. The maximum atomic E-state index is 16.6. The van der Waals surface area contributed by atoms with Crippen molar-refractivity contribution in [3.8, 4) is 23.0 Å². The summed E-state index contributed by atoms with van der Waals surface area (Å²) in [6.07, 6.45) is 8.89. The van der Waals surface area contributed by atoms with E-state index in [1.807, 2.05) is 24.3 Å². The first kappa shape index (κ1) is 24.8. The second-order valence-corrected chi connectivity index (χ2v) is 11.7. The molecule has 3 aliphatic heterocycles. The van der Waals surface area contributed by atoms with Crippen molar-refractivity contribution >= 4 is 27.5 Å². The fourth-order valence-corrected chi connectivity index (χ4v) is 7.23. The molecule has 8 rings (SSSR count). The van der Waals surface area contributed by atoms with Crippen molar-refractivity contribution in [3.63, 3.8) is 0 Å². The minimum Gasteiger partial charge on any atom is -0.508 e. The number of phenols is 1. The van der Waals surface area contributed by atoms with Gasteiger partial charge in [0.05, 0.1) is 23.3 Å². The number of phenolic OH excluding ortho intramolecular Hbond substituents is 1. The Balaban J connectivity index is 1.29. The van der Waals surface area contributed by atoms with Gasteiger partial charge in [-0.25, -0.2) is 4.39 Å².